The molecule has 4 N–H and O–H groups in total. The van der Waals surface area contributed by atoms with E-state index in [4.69, 9.17) is 10.8 Å². The number of rotatable bonds is 5. The van der Waals surface area contributed by atoms with E-state index in [-0.39, 0.29) is 13.1 Å². The molecule has 0 aromatic heterocycles. The van der Waals surface area contributed by atoms with Crippen molar-refractivity contribution in [2.75, 3.05) is 19.6 Å². The SMILES string of the molecule is NCCNCC(C(=O)O)C(F)(F)F. The summed E-state index contributed by atoms with van der Waals surface area (Å²) in [5.74, 6) is -4.24. The number of nitrogens with two attached hydrogens (primary N) is 1. The number of halogens is 3. The van der Waals surface area contributed by atoms with Gasteiger partial charge in [0.15, 0.2) is 5.92 Å². The van der Waals surface area contributed by atoms with Crippen molar-refractivity contribution in [3.63, 3.8) is 0 Å². The maximum absolute atomic E-state index is 11.9. The van der Waals surface area contributed by atoms with Gasteiger partial charge in [-0.2, -0.15) is 13.2 Å². The molecular weight excluding hydrogens is 189 g/mol. The summed E-state index contributed by atoms with van der Waals surface area (Å²) in [6.45, 7) is -0.305. The molecule has 0 rings (SSSR count). The van der Waals surface area contributed by atoms with E-state index in [0.29, 0.717) is 0 Å². The van der Waals surface area contributed by atoms with Crippen LogP contribution in [0, 0.1) is 5.92 Å². The van der Waals surface area contributed by atoms with Crippen LogP contribution in [0.1, 0.15) is 0 Å². The molecule has 13 heavy (non-hydrogen) atoms. The Hall–Kier alpha value is -0.820. The monoisotopic (exact) mass is 200 g/mol. The Labute approximate surface area is 72.9 Å². The molecule has 0 amide bonds. The predicted molar refractivity (Wildman–Crippen MR) is 39.1 cm³/mol. The molecule has 0 fully saturated rings. The van der Waals surface area contributed by atoms with Crippen molar-refractivity contribution in [2.45, 2.75) is 6.18 Å². The van der Waals surface area contributed by atoms with Gasteiger partial charge < -0.3 is 16.2 Å². The van der Waals surface area contributed by atoms with Gasteiger partial charge in [0.2, 0.25) is 0 Å². The highest BCUT2D eigenvalue weighted by Crippen LogP contribution is 2.25. The van der Waals surface area contributed by atoms with Crippen molar-refractivity contribution in [3.8, 4) is 0 Å². The Morgan fingerprint density at radius 3 is 2.38 bits per heavy atom. The minimum atomic E-state index is -4.71. The van der Waals surface area contributed by atoms with Gasteiger partial charge in [-0.3, -0.25) is 4.79 Å². The maximum Gasteiger partial charge on any atom is 0.403 e. The number of carbonyl (C=O) groups is 1. The lowest BCUT2D eigenvalue weighted by Gasteiger charge is -2.15. The van der Waals surface area contributed by atoms with Gasteiger partial charge in [0.25, 0.3) is 0 Å². The van der Waals surface area contributed by atoms with Crippen LogP contribution in [-0.4, -0.2) is 36.9 Å². The van der Waals surface area contributed by atoms with Crippen LogP contribution in [0.15, 0.2) is 0 Å². The molecule has 1 unspecified atom stereocenters. The topological polar surface area (TPSA) is 75.3 Å². The Kier molecular flexibility index (Phi) is 4.71. The van der Waals surface area contributed by atoms with Gasteiger partial charge in [-0.05, 0) is 0 Å². The molecule has 0 saturated heterocycles. The van der Waals surface area contributed by atoms with Crippen LogP contribution in [0.5, 0.6) is 0 Å². The summed E-state index contributed by atoms with van der Waals surface area (Å²) in [5.41, 5.74) is 5.01. The average molecular weight is 200 g/mol. The van der Waals surface area contributed by atoms with Crippen molar-refractivity contribution in [2.24, 2.45) is 11.7 Å². The Bertz CT molecular complexity index is 172. The zero-order valence-corrected chi connectivity index (χ0v) is 6.77. The molecule has 0 aliphatic carbocycles. The van der Waals surface area contributed by atoms with Crippen LogP contribution in [-0.2, 0) is 4.79 Å². The van der Waals surface area contributed by atoms with E-state index in [1.165, 1.54) is 0 Å². The highest BCUT2D eigenvalue weighted by Gasteiger charge is 2.44. The number of carboxylic acids is 1. The van der Waals surface area contributed by atoms with E-state index in [0.717, 1.165) is 0 Å². The Morgan fingerprint density at radius 2 is 2.08 bits per heavy atom. The molecule has 0 bridgehead atoms. The number of aliphatic carboxylic acids is 1. The minimum Gasteiger partial charge on any atom is -0.481 e. The molecule has 0 aromatic rings. The average Bonchev–Trinajstić information content (AvgIpc) is 1.94. The number of carboxylic acid groups (broad SMARTS) is 1. The van der Waals surface area contributed by atoms with E-state index < -0.39 is 24.6 Å². The molecule has 0 heterocycles. The summed E-state index contributed by atoms with van der Waals surface area (Å²) in [6, 6.07) is 0. The van der Waals surface area contributed by atoms with E-state index in [9.17, 15) is 18.0 Å². The van der Waals surface area contributed by atoms with Crippen molar-refractivity contribution in [1.29, 1.82) is 0 Å². The molecule has 1 atom stereocenters. The van der Waals surface area contributed by atoms with Crippen molar-refractivity contribution in [1.82, 2.24) is 5.32 Å². The molecule has 4 nitrogen and oxygen atoms in total. The largest absolute Gasteiger partial charge is 0.481 e. The van der Waals surface area contributed by atoms with E-state index >= 15 is 0 Å². The first-order chi connectivity index (χ1) is 5.89. The highest BCUT2D eigenvalue weighted by atomic mass is 19.4. The third-order valence-corrected chi connectivity index (χ3v) is 1.36. The van der Waals surface area contributed by atoms with E-state index in [1.54, 1.807) is 0 Å². The van der Waals surface area contributed by atoms with Crippen molar-refractivity contribution < 1.29 is 23.1 Å². The van der Waals surface area contributed by atoms with Crippen LogP contribution in [0.2, 0.25) is 0 Å². The van der Waals surface area contributed by atoms with E-state index in [2.05, 4.69) is 5.32 Å². The second-order valence-corrected chi connectivity index (χ2v) is 2.43. The molecule has 0 aliphatic rings. The summed E-state index contributed by atoms with van der Waals surface area (Å²) >= 11 is 0. The molecule has 7 heteroatoms. The van der Waals surface area contributed by atoms with Gasteiger partial charge in [0.1, 0.15) is 0 Å². The molecule has 0 radical (unpaired) electrons. The second kappa shape index (κ2) is 5.03. The maximum atomic E-state index is 11.9. The van der Waals surface area contributed by atoms with Gasteiger partial charge in [0, 0.05) is 19.6 Å². The molecule has 0 spiro atoms. The van der Waals surface area contributed by atoms with E-state index in [1.807, 2.05) is 0 Å². The van der Waals surface area contributed by atoms with Gasteiger partial charge in [-0.25, -0.2) is 0 Å². The van der Waals surface area contributed by atoms with Crippen LogP contribution in [0.3, 0.4) is 0 Å². The highest BCUT2D eigenvalue weighted by molar-refractivity contribution is 5.71. The predicted octanol–water partition coefficient (Wildman–Crippen LogP) is -0.202. The van der Waals surface area contributed by atoms with Gasteiger partial charge >= 0.3 is 12.1 Å². The normalized spacial score (nSPS) is 14.2. The second-order valence-electron chi connectivity index (χ2n) is 2.43. The first-order valence-electron chi connectivity index (χ1n) is 3.60. The lowest BCUT2D eigenvalue weighted by atomic mass is 10.1. The summed E-state index contributed by atoms with van der Waals surface area (Å²) in [5, 5.41) is 10.5. The lowest BCUT2D eigenvalue weighted by molar-refractivity contribution is -0.192. The molecule has 0 saturated carbocycles. The molecule has 0 aliphatic heterocycles. The fourth-order valence-corrected chi connectivity index (χ4v) is 0.692. The number of hydrogen-bond donors (Lipinski definition) is 3. The molecule has 78 valence electrons. The number of alkyl halides is 3. The van der Waals surface area contributed by atoms with Crippen LogP contribution >= 0.6 is 0 Å². The fraction of sp³-hybridized carbons (Fsp3) is 0.833. The Balaban J connectivity index is 4.04. The summed E-state index contributed by atoms with van der Waals surface area (Å²) in [4.78, 5) is 10.1. The fourth-order valence-electron chi connectivity index (χ4n) is 0.692. The zero-order chi connectivity index (χ0) is 10.5. The quantitative estimate of drug-likeness (QED) is 0.537. The third kappa shape index (κ3) is 4.69. The van der Waals surface area contributed by atoms with Crippen LogP contribution in [0.25, 0.3) is 0 Å². The molecular formula is C6H11F3N2O2. The van der Waals surface area contributed by atoms with Gasteiger partial charge in [-0.15, -0.1) is 0 Å². The first kappa shape index (κ1) is 12.2. The standard InChI is InChI=1S/C6H11F3N2O2/c7-6(8,9)4(5(12)13)3-11-2-1-10/h4,11H,1-3,10H2,(H,12,13). The minimum absolute atomic E-state index is 0.167. The van der Waals surface area contributed by atoms with Crippen molar-refractivity contribution >= 4 is 5.97 Å². The third-order valence-electron chi connectivity index (χ3n) is 1.36. The molecule has 0 aromatic carbocycles. The van der Waals surface area contributed by atoms with Crippen LogP contribution in [0.4, 0.5) is 13.2 Å². The van der Waals surface area contributed by atoms with Gasteiger partial charge in [0.05, 0.1) is 0 Å². The van der Waals surface area contributed by atoms with Crippen LogP contribution < -0.4 is 11.1 Å². The first-order valence-corrected chi connectivity index (χ1v) is 3.60. The van der Waals surface area contributed by atoms with Crippen molar-refractivity contribution in [3.05, 3.63) is 0 Å². The lowest BCUT2D eigenvalue weighted by Crippen LogP contribution is -2.40. The summed E-state index contributed by atoms with van der Waals surface area (Å²) in [6.07, 6.45) is -4.71. The summed E-state index contributed by atoms with van der Waals surface area (Å²) in [7, 11) is 0. The summed E-state index contributed by atoms with van der Waals surface area (Å²) < 4.78 is 35.8. The van der Waals surface area contributed by atoms with Gasteiger partial charge in [-0.1, -0.05) is 0 Å². The zero-order valence-electron chi connectivity index (χ0n) is 6.77. The smallest absolute Gasteiger partial charge is 0.403 e. The number of nitrogens with one attached hydrogen (secondary N) is 1. The Morgan fingerprint density at radius 1 is 1.54 bits per heavy atom. The number of hydrogen-bond acceptors (Lipinski definition) is 3.